The van der Waals surface area contributed by atoms with Gasteiger partial charge in [0.15, 0.2) is 0 Å². The summed E-state index contributed by atoms with van der Waals surface area (Å²) in [7, 11) is -3.92. The van der Waals surface area contributed by atoms with Gasteiger partial charge in [0.25, 0.3) is 0 Å². The molecule has 0 atom stereocenters. The van der Waals surface area contributed by atoms with E-state index >= 15 is 0 Å². The van der Waals surface area contributed by atoms with E-state index in [0.717, 1.165) is 24.0 Å². The molecule has 1 aromatic heterocycles. The summed E-state index contributed by atoms with van der Waals surface area (Å²) in [6.07, 6.45) is 6.76. The number of hydrogen-bond acceptors (Lipinski definition) is 5. The normalized spacial score (nSPS) is 12.3. The number of rotatable bonds is 13. The third kappa shape index (κ3) is 8.71. The molecule has 3 aromatic rings. The number of nitrogens with zero attached hydrogens (tertiary/aromatic N) is 2. The standard InChI is InChI=1S/C25H32N3O4P/c1-2-3-5-11-23(21-9-6-4-7-10-21)18-24-27-28-25(32-24)22-14-12-20(13-15-22)19-26-16-8-17-33(29,30)31/h4,6-7,9-10,12-15,18,26H,2-3,5,8,11,16-17,19H2,1H3,(H2,29,30,31)/b23-18+. The van der Waals surface area contributed by atoms with Crippen molar-refractivity contribution in [3.8, 4) is 11.5 Å². The Morgan fingerprint density at radius 3 is 2.48 bits per heavy atom. The lowest BCUT2D eigenvalue weighted by molar-refractivity contribution is 0.371. The number of hydrogen-bond donors (Lipinski definition) is 3. The minimum Gasteiger partial charge on any atom is -0.417 e. The fraction of sp³-hybridized carbons (Fsp3) is 0.360. The predicted molar refractivity (Wildman–Crippen MR) is 131 cm³/mol. The van der Waals surface area contributed by atoms with Gasteiger partial charge in [-0.1, -0.05) is 62.2 Å². The van der Waals surface area contributed by atoms with Crippen LogP contribution in [0.2, 0.25) is 0 Å². The molecule has 3 rings (SSSR count). The first kappa shape index (κ1) is 25.1. The van der Waals surface area contributed by atoms with Crippen molar-refractivity contribution in [2.24, 2.45) is 0 Å². The van der Waals surface area contributed by atoms with Gasteiger partial charge in [-0.2, -0.15) is 0 Å². The van der Waals surface area contributed by atoms with Crippen LogP contribution in [-0.2, 0) is 11.1 Å². The average Bonchev–Trinajstić information content (AvgIpc) is 3.27. The lowest BCUT2D eigenvalue weighted by Gasteiger charge is -2.07. The van der Waals surface area contributed by atoms with Crippen LogP contribution >= 0.6 is 7.60 Å². The fourth-order valence-electron chi connectivity index (χ4n) is 3.48. The Morgan fingerprint density at radius 1 is 1.03 bits per heavy atom. The Hall–Kier alpha value is -2.57. The first-order valence-electron chi connectivity index (χ1n) is 11.4. The summed E-state index contributed by atoms with van der Waals surface area (Å²) in [6, 6.07) is 18.1. The number of aromatic nitrogens is 2. The van der Waals surface area contributed by atoms with E-state index < -0.39 is 7.60 Å². The fourth-order valence-corrected chi connectivity index (χ4v) is 4.05. The highest BCUT2D eigenvalue weighted by Crippen LogP contribution is 2.34. The van der Waals surface area contributed by atoms with E-state index in [9.17, 15) is 4.57 Å². The molecule has 33 heavy (non-hydrogen) atoms. The molecule has 7 nitrogen and oxygen atoms in total. The molecule has 0 bridgehead atoms. The second-order valence-corrected chi connectivity index (χ2v) is 9.83. The van der Waals surface area contributed by atoms with Gasteiger partial charge >= 0.3 is 7.60 Å². The number of nitrogens with one attached hydrogen (secondary N) is 1. The van der Waals surface area contributed by atoms with Crippen molar-refractivity contribution >= 4 is 19.2 Å². The molecule has 2 aromatic carbocycles. The molecule has 0 radical (unpaired) electrons. The van der Waals surface area contributed by atoms with Crippen LogP contribution in [0, 0.1) is 0 Å². The summed E-state index contributed by atoms with van der Waals surface area (Å²) in [5, 5.41) is 11.6. The summed E-state index contributed by atoms with van der Waals surface area (Å²) >= 11 is 0. The van der Waals surface area contributed by atoms with E-state index in [-0.39, 0.29) is 6.16 Å². The molecule has 0 saturated carbocycles. The van der Waals surface area contributed by atoms with Crippen molar-refractivity contribution in [3.63, 3.8) is 0 Å². The van der Waals surface area contributed by atoms with Crippen LogP contribution in [0.5, 0.6) is 0 Å². The second kappa shape index (κ2) is 12.6. The Balaban J connectivity index is 1.62. The number of allylic oxidation sites excluding steroid dienone is 1. The van der Waals surface area contributed by atoms with E-state index in [4.69, 9.17) is 14.2 Å². The molecule has 0 fully saturated rings. The van der Waals surface area contributed by atoms with Gasteiger partial charge in [-0.05, 0) is 54.6 Å². The topological polar surface area (TPSA) is 108 Å². The van der Waals surface area contributed by atoms with Gasteiger partial charge < -0.3 is 19.5 Å². The van der Waals surface area contributed by atoms with E-state index in [2.05, 4.69) is 34.6 Å². The van der Waals surface area contributed by atoms with Crippen LogP contribution in [0.4, 0.5) is 0 Å². The zero-order valence-corrected chi connectivity index (χ0v) is 19.9. The Bertz CT molecular complexity index is 1060. The monoisotopic (exact) mass is 469 g/mol. The molecule has 0 unspecified atom stereocenters. The summed E-state index contributed by atoms with van der Waals surface area (Å²) in [6.45, 7) is 3.37. The molecule has 176 valence electrons. The Kier molecular flexibility index (Phi) is 9.58. The van der Waals surface area contributed by atoms with Crippen molar-refractivity contribution in [2.45, 2.75) is 45.6 Å². The SMILES string of the molecule is CCCCC/C(=C\c1nnc(-c2ccc(CNCCCP(=O)(O)O)cc2)o1)c1ccccc1. The molecule has 0 aliphatic heterocycles. The molecule has 0 spiro atoms. The number of unbranched alkanes of at least 4 members (excludes halogenated alkanes) is 2. The molecular formula is C25H32N3O4P. The van der Waals surface area contributed by atoms with E-state index in [0.29, 0.717) is 31.3 Å². The summed E-state index contributed by atoms with van der Waals surface area (Å²) in [5.74, 6) is 0.972. The first-order chi connectivity index (χ1) is 15.9. The zero-order chi connectivity index (χ0) is 23.5. The maximum Gasteiger partial charge on any atom is 0.325 e. The van der Waals surface area contributed by atoms with E-state index in [1.807, 2.05) is 48.5 Å². The van der Waals surface area contributed by atoms with Crippen LogP contribution in [-0.4, -0.2) is 32.7 Å². The van der Waals surface area contributed by atoms with Crippen molar-refractivity contribution in [3.05, 3.63) is 71.6 Å². The lowest BCUT2D eigenvalue weighted by Crippen LogP contribution is -2.15. The van der Waals surface area contributed by atoms with Crippen LogP contribution in [0.25, 0.3) is 23.1 Å². The number of benzene rings is 2. The van der Waals surface area contributed by atoms with Crippen LogP contribution < -0.4 is 5.32 Å². The van der Waals surface area contributed by atoms with Gasteiger partial charge in [0, 0.05) is 18.2 Å². The molecule has 0 saturated heterocycles. The lowest BCUT2D eigenvalue weighted by atomic mass is 9.99. The summed E-state index contributed by atoms with van der Waals surface area (Å²) < 4.78 is 16.8. The highest BCUT2D eigenvalue weighted by atomic mass is 31.2. The quantitative estimate of drug-likeness (QED) is 0.224. The molecule has 1 heterocycles. The maximum absolute atomic E-state index is 10.9. The van der Waals surface area contributed by atoms with Crippen LogP contribution in [0.15, 0.2) is 59.0 Å². The largest absolute Gasteiger partial charge is 0.417 e. The summed E-state index contributed by atoms with van der Waals surface area (Å²) in [5.41, 5.74) is 4.28. The highest BCUT2D eigenvalue weighted by molar-refractivity contribution is 7.51. The third-order valence-corrected chi connectivity index (χ3v) is 6.16. The summed E-state index contributed by atoms with van der Waals surface area (Å²) in [4.78, 5) is 17.8. The third-order valence-electron chi connectivity index (χ3n) is 5.27. The molecule has 0 amide bonds. The first-order valence-corrected chi connectivity index (χ1v) is 13.2. The minimum absolute atomic E-state index is 0.0997. The molecule has 3 N–H and O–H groups in total. The average molecular weight is 470 g/mol. The van der Waals surface area contributed by atoms with E-state index in [1.165, 1.54) is 24.0 Å². The van der Waals surface area contributed by atoms with Crippen molar-refractivity contribution in [1.29, 1.82) is 0 Å². The predicted octanol–water partition coefficient (Wildman–Crippen LogP) is 5.51. The van der Waals surface area contributed by atoms with Crippen LogP contribution in [0.1, 0.15) is 56.0 Å². The van der Waals surface area contributed by atoms with Gasteiger partial charge in [-0.3, -0.25) is 4.57 Å². The minimum atomic E-state index is -3.92. The van der Waals surface area contributed by atoms with Gasteiger partial charge in [0.2, 0.25) is 11.8 Å². The van der Waals surface area contributed by atoms with Gasteiger partial charge in [0.1, 0.15) is 0 Å². The smallest absolute Gasteiger partial charge is 0.325 e. The molecule has 0 aliphatic rings. The highest BCUT2D eigenvalue weighted by Gasteiger charge is 2.11. The van der Waals surface area contributed by atoms with Crippen molar-refractivity contribution in [1.82, 2.24) is 15.5 Å². The maximum atomic E-state index is 10.9. The van der Waals surface area contributed by atoms with E-state index in [1.54, 1.807) is 0 Å². The molecule has 8 heteroatoms. The van der Waals surface area contributed by atoms with Crippen LogP contribution in [0.3, 0.4) is 0 Å². The zero-order valence-electron chi connectivity index (χ0n) is 19.0. The van der Waals surface area contributed by atoms with Crippen molar-refractivity contribution in [2.75, 3.05) is 12.7 Å². The van der Waals surface area contributed by atoms with Gasteiger partial charge in [-0.15, -0.1) is 10.2 Å². The van der Waals surface area contributed by atoms with Gasteiger partial charge in [0.05, 0.1) is 6.16 Å². The van der Waals surface area contributed by atoms with Crippen molar-refractivity contribution < 1.29 is 18.8 Å². The Morgan fingerprint density at radius 2 is 1.79 bits per heavy atom. The molecular weight excluding hydrogens is 437 g/mol. The Labute approximate surface area is 195 Å². The molecule has 0 aliphatic carbocycles. The second-order valence-electron chi connectivity index (χ2n) is 8.05. The van der Waals surface area contributed by atoms with Gasteiger partial charge in [-0.25, -0.2) is 0 Å².